The summed E-state index contributed by atoms with van der Waals surface area (Å²) < 4.78 is 26.5. The Balaban J connectivity index is 1.86. The van der Waals surface area contributed by atoms with Crippen LogP contribution in [0.1, 0.15) is 10.4 Å². The van der Waals surface area contributed by atoms with Gasteiger partial charge in [-0.05, 0) is 36.4 Å². The zero-order chi connectivity index (χ0) is 16.9. The van der Waals surface area contributed by atoms with Crippen LogP contribution in [0.4, 0.5) is 0 Å². The number of carbonyl (C=O) groups excluding carboxylic acids is 1. The lowest BCUT2D eigenvalue weighted by Gasteiger charge is -2.08. The standard InChI is InChI=1S/C15H14Cl2N2O3S/c16-12-4-1-3-11(9-12)15(20)18-7-8-19-23(21,22)14-6-2-5-13(17)10-14/h1-6,9-10,19H,7-8H2,(H,18,20). The number of hydrogen-bond donors (Lipinski definition) is 2. The lowest BCUT2D eigenvalue weighted by atomic mass is 10.2. The number of nitrogens with one attached hydrogen (secondary N) is 2. The Bertz CT molecular complexity index is 810. The van der Waals surface area contributed by atoms with Gasteiger partial charge in [0, 0.05) is 28.7 Å². The number of sulfonamides is 1. The number of rotatable bonds is 6. The molecule has 2 aromatic carbocycles. The minimum absolute atomic E-state index is 0.0567. The molecule has 0 saturated carbocycles. The predicted octanol–water partition coefficient (Wildman–Crippen LogP) is 2.70. The van der Waals surface area contributed by atoms with Gasteiger partial charge in [0.05, 0.1) is 4.90 Å². The second kappa shape index (κ2) is 7.79. The van der Waals surface area contributed by atoms with E-state index in [0.717, 1.165) is 0 Å². The third-order valence-electron chi connectivity index (χ3n) is 2.90. The summed E-state index contributed by atoms with van der Waals surface area (Å²) in [6.45, 7) is 0.201. The van der Waals surface area contributed by atoms with E-state index >= 15 is 0 Å². The van der Waals surface area contributed by atoms with Crippen LogP contribution < -0.4 is 10.0 Å². The molecule has 0 bridgehead atoms. The average Bonchev–Trinajstić information content (AvgIpc) is 2.51. The highest BCUT2D eigenvalue weighted by Gasteiger charge is 2.13. The summed E-state index contributed by atoms with van der Waals surface area (Å²) in [5, 5.41) is 3.40. The minimum atomic E-state index is -3.66. The Hall–Kier alpha value is -1.60. The highest BCUT2D eigenvalue weighted by Crippen LogP contribution is 2.15. The third-order valence-corrected chi connectivity index (χ3v) is 4.82. The monoisotopic (exact) mass is 372 g/mol. The smallest absolute Gasteiger partial charge is 0.251 e. The Morgan fingerprint density at radius 3 is 2.26 bits per heavy atom. The molecule has 0 aliphatic carbocycles. The van der Waals surface area contributed by atoms with E-state index in [0.29, 0.717) is 15.6 Å². The maximum atomic E-state index is 12.0. The van der Waals surface area contributed by atoms with E-state index in [1.807, 2.05) is 0 Å². The normalized spacial score (nSPS) is 11.2. The van der Waals surface area contributed by atoms with Crippen LogP contribution in [0.2, 0.25) is 10.0 Å². The molecule has 0 radical (unpaired) electrons. The fourth-order valence-corrected chi connectivity index (χ4v) is 3.33. The van der Waals surface area contributed by atoms with Crippen LogP contribution in [-0.4, -0.2) is 27.4 Å². The molecular weight excluding hydrogens is 359 g/mol. The van der Waals surface area contributed by atoms with Crippen molar-refractivity contribution < 1.29 is 13.2 Å². The molecule has 0 aliphatic rings. The van der Waals surface area contributed by atoms with Crippen molar-refractivity contribution in [1.82, 2.24) is 10.0 Å². The van der Waals surface area contributed by atoms with Gasteiger partial charge in [0.2, 0.25) is 10.0 Å². The summed E-state index contributed by atoms with van der Waals surface area (Å²) in [5.41, 5.74) is 0.412. The molecule has 0 atom stereocenters. The largest absolute Gasteiger partial charge is 0.351 e. The van der Waals surface area contributed by atoms with E-state index in [1.165, 1.54) is 18.2 Å². The Morgan fingerprint density at radius 1 is 0.957 bits per heavy atom. The van der Waals surface area contributed by atoms with Crippen LogP contribution in [0, 0.1) is 0 Å². The molecule has 2 aromatic rings. The van der Waals surface area contributed by atoms with Gasteiger partial charge in [-0.2, -0.15) is 0 Å². The number of amides is 1. The lowest BCUT2D eigenvalue weighted by molar-refractivity contribution is 0.0954. The second-order valence-electron chi connectivity index (χ2n) is 4.62. The fraction of sp³-hybridized carbons (Fsp3) is 0.133. The summed E-state index contributed by atoms with van der Waals surface area (Å²) in [4.78, 5) is 11.9. The van der Waals surface area contributed by atoms with Gasteiger partial charge in [0.25, 0.3) is 5.91 Å². The zero-order valence-electron chi connectivity index (χ0n) is 11.9. The van der Waals surface area contributed by atoms with Crippen molar-refractivity contribution in [1.29, 1.82) is 0 Å². The highest BCUT2D eigenvalue weighted by atomic mass is 35.5. The molecule has 0 unspecified atom stereocenters. The van der Waals surface area contributed by atoms with Gasteiger partial charge in [0.1, 0.15) is 0 Å². The molecule has 2 N–H and O–H groups in total. The Labute approximate surface area is 144 Å². The van der Waals surface area contributed by atoms with Crippen molar-refractivity contribution in [3.63, 3.8) is 0 Å². The number of carbonyl (C=O) groups is 1. The van der Waals surface area contributed by atoms with E-state index in [9.17, 15) is 13.2 Å². The van der Waals surface area contributed by atoms with Gasteiger partial charge in [0.15, 0.2) is 0 Å². The molecule has 0 aliphatic heterocycles. The first-order valence-corrected chi connectivity index (χ1v) is 8.91. The molecule has 23 heavy (non-hydrogen) atoms. The third kappa shape index (κ3) is 5.21. The van der Waals surface area contributed by atoms with Crippen LogP contribution in [0.5, 0.6) is 0 Å². The van der Waals surface area contributed by atoms with Gasteiger partial charge in [-0.15, -0.1) is 0 Å². The molecule has 0 heterocycles. The molecule has 0 aromatic heterocycles. The molecular formula is C15H14Cl2N2O3S. The van der Waals surface area contributed by atoms with Crippen molar-refractivity contribution in [2.24, 2.45) is 0 Å². The van der Waals surface area contributed by atoms with Gasteiger partial charge in [-0.3, -0.25) is 4.79 Å². The van der Waals surface area contributed by atoms with Gasteiger partial charge in [-0.1, -0.05) is 35.3 Å². The van der Waals surface area contributed by atoms with Crippen LogP contribution in [0.3, 0.4) is 0 Å². The van der Waals surface area contributed by atoms with Crippen molar-refractivity contribution in [2.45, 2.75) is 4.90 Å². The SMILES string of the molecule is O=C(NCCNS(=O)(=O)c1cccc(Cl)c1)c1cccc(Cl)c1. The van der Waals surface area contributed by atoms with Crippen molar-refractivity contribution >= 4 is 39.1 Å². The first-order chi connectivity index (χ1) is 10.9. The molecule has 5 nitrogen and oxygen atoms in total. The van der Waals surface area contributed by atoms with E-state index in [1.54, 1.807) is 30.3 Å². The fourth-order valence-electron chi connectivity index (χ4n) is 1.81. The first-order valence-electron chi connectivity index (χ1n) is 6.67. The van der Waals surface area contributed by atoms with Crippen molar-refractivity contribution in [2.75, 3.05) is 13.1 Å². The van der Waals surface area contributed by atoms with Crippen LogP contribution >= 0.6 is 23.2 Å². The van der Waals surface area contributed by atoms with Crippen LogP contribution in [0.25, 0.3) is 0 Å². The topological polar surface area (TPSA) is 75.3 Å². The Kier molecular flexibility index (Phi) is 6.01. The predicted molar refractivity (Wildman–Crippen MR) is 90.4 cm³/mol. The highest BCUT2D eigenvalue weighted by molar-refractivity contribution is 7.89. The molecule has 0 fully saturated rings. The number of hydrogen-bond acceptors (Lipinski definition) is 3. The minimum Gasteiger partial charge on any atom is -0.351 e. The van der Waals surface area contributed by atoms with E-state index in [2.05, 4.69) is 10.0 Å². The molecule has 1 amide bonds. The van der Waals surface area contributed by atoms with Crippen LogP contribution in [0.15, 0.2) is 53.4 Å². The zero-order valence-corrected chi connectivity index (χ0v) is 14.3. The summed E-state index contributed by atoms with van der Waals surface area (Å²) in [7, 11) is -3.66. The number of benzene rings is 2. The van der Waals surface area contributed by atoms with E-state index < -0.39 is 10.0 Å². The quantitative estimate of drug-likeness (QED) is 0.765. The maximum Gasteiger partial charge on any atom is 0.251 e. The van der Waals surface area contributed by atoms with Crippen molar-refractivity contribution in [3.8, 4) is 0 Å². The summed E-state index contributed by atoms with van der Waals surface area (Å²) in [6, 6.07) is 12.4. The van der Waals surface area contributed by atoms with Gasteiger partial charge < -0.3 is 5.32 Å². The summed E-state index contributed by atoms with van der Waals surface area (Å²) in [5.74, 6) is -0.325. The summed E-state index contributed by atoms with van der Waals surface area (Å²) in [6.07, 6.45) is 0. The van der Waals surface area contributed by atoms with Gasteiger partial charge >= 0.3 is 0 Å². The molecule has 122 valence electrons. The van der Waals surface area contributed by atoms with Gasteiger partial charge in [-0.25, -0.2) is 13.1 Å². The molecule has 0 saturated heterocycles. The second-order valence-corrected chi connectivity index (χ2v) is 7.26. The summed E-state index contributed by atoms with van der Waals surface area (Å²) >= 11 is 11.6. The van der Waals surface area contributed by atoms with E-state index in [-0.39, 0.29) is 23.9 Å². The van der Waals surface area contributed by atoms with Crippen molar-refractivity contribution in [3.05, 3.63) is 64.1 Å². The molecule has 0 spiro atoms. The van der Waals surface area contributed by atoms with Crippen LogP contribution in [-0.2, 0) is 10.0 Å². The number of halogens is 2. The molecule has 2 rings (SSSR count). The first kappa shape index (κ1) is 17.7. The maximum absolute atomic E-state index is 12.0. The molecule has 8 heteroatoms. The lowest BCUT2D eigenvalue weighted by Crippen LogP contribution is -2.34. The Morgan fingerprint density at radius 2 is 1.61 bits per heavy atom. The average molecular weight is 373 g/mol. The van der Waals surface area contributed by atoms with E-state index in [4.69, 9.17) is 23.2 Å².